The summed E-state index contributed by atoms with van der Waals surface area (Å²) in [6, 6.07) is 16.1. The standard InChI is InChI=1S/C23H19BrN4O/c1-15-19-5-2-6-20(16-4-3-10-25-13-16)21(19)9-11-27(15)23(29)22-12-18-8-7-17(24)14-28(18)26-22/h2-8,10,12-15H,9,11H2,1H3. The fourth-order valence-electron chi connectivity index (χ4n) is 4.15. The first-order chi connectivity index (χ1) is 14.1. The van der Waals surface area contributed by atoms with Gasteiger partial charge in [-0.3, -0.25) is 9.78 Å². The second kappa shape index (κ2) is 7.12. The lowest BCUT2D eigenvalue weighted by atomic mass is 9.87. The van der Waals surface area contributed by atoms with Gasteiger partial charge >= 0.3 is 0 Å². The van der Waals surface area contributed by atoms with E-state index in [0.29, 0.717) is 12.2 Å². The number of carbonyl (C=O) groups excluding carboxylic acids is 1. The van der Waals surface area contributed by atoms with E-state index in [1.807, 2.05) is 41.6 Å². The minimum absolute atomic E-state index is 0.0144. The Morgan fingerprint density at radius 3 is 2.90 bits per heavy atom. The molecule has 1 amide bonds. The largest absolute Gasteiger partial charge is 0.330 e. The fraction of sp³-hybridized carbons (Fsp3) is 0.174. The predicted octanol–water partition coefficient (Wildman–Crippen LogP) is 4.92. The van der Waals surface area contributed by atoms with E-state index in [0.717, 1.165) is 22.0 Å². The van der Waals surface area contributed by atoms with Crippen molar-refractivity contribution in [2.45, 2.75) is 19.4 Å². The summed E-state index contributed by atoms with van der Waals surface area (Å²) in [7, 11) is 0. The Balaban J connectivity index is 1.49. The average molecular weight is 447 g/mol. The molecule has 0 aliphatic carbocycles. The average Bonchev–Trinajstić information content (AvgIpc) is 3.17. The van der Waals surface area contributed by atoms with Crippen LogP contribution in [-0.2, 0) is 6.42 Å². The summed E-state index contributed by atoms with van der Waals surface area (Å²) in [5, 5.41) is 4.49. The highest BCUT2D eigenvalue weighted by atomic mass is 79.9. The molecule has 0 saturated heterocycles. The van der Waals surface area contributed by atoms with Crippen LogP contribution in [0.15, 0.2) is 71.6 Å². The molecule has 1 aromatic carbocycles. The van der Waals surface area contributed by atoms with Gasteiger partial charge in [0, 0.05) is 35.2 Å². The molecule has 0 radical (unpaired) electrons. The van der Waals surface area contributed by atoms with Gasteiger partial charge < -0.3 is 4.90 Å². The molecule has 0 saturated carbocycles. The zero-order chi connectivity index (χ0) is 20.0. The van der Waals surface area contributed by atoms with Crippen molar-refractivity contribution in [2.75, 3.05) is 6.54 Å². The van der Waals surface area contributed by atoms with E-state index in [9.17, 15) is 4.79 Å². The number of fused-ring (bicyclic) bond motifs is 2. The lowest BCUT2D eigenvalue weighted by Gasteiger charge is -2.36. The molecule has 0 N–H and O–H groups in total. The van der Waals surface area contributed by atoms with Gasteiger partial charge in [0.25, 0.3) is 5.91 Å². The Morgan fingerprint density at radius 2 is 2.07 bits per heavy atom. The number of aromatic nitrogens is 3. The lowest BCUT2D eigenvalue weighted by molar-refractivity contribution is 0.0671. The molecule has 4 heterocycles. The SMILES string of the molecule is CC1c2cccc(-c3cccnc3)c2CCN1C(=O)c1cc2ccc(Br)cn2n1. The minimum Gasteiger partial charge on any atom is -0.330 e. The molecule has 1 unspecified atom stereocenters. The monoisotopic (exact) mass is 446 g/mol. The van der Waals surface area contributed by atoms with E-state index in [2.05, 4.69) is 57.2 Å². The molecule has 0 fully saturated rings. The fourth-order valence-corrected chi connectivity index (χ4v) is 4.48. The number of halogens is 1. The van der Waals surface area contributed by atoms with Crippen molar-refractivity contribution < 1.29 is 4.79 Å². The zero-order valence-corrected chi connectivity index (χ0v) is 17.5. The predicted molar refractivity (Wildman–Crippen MR) is 116 cm³/mol. The molecular weight excluding hydrogens is 428 g/mol. The summed E-state index contributed by atoms with van der Waals surface area (Å²) in [6.45, 7) is 2.76. The van der Waals surface area contributed by atoms with Gasteiger partial charge in [0.15, 0.2) is 5.69 Å². The van der Waals surface area contributed by atoms with Crippen LogP contribution in [0, 0.1) is 0 Å². The Labute approximate surface area is 177 Å². The maximum Gasteiger partial charge on any atom is 0.274 e. The number of nitrogens with zero attached hydrogens (tertiary/aromatic N) is 4. The van der Waals surface area contributed by atoms with Gasteiger partial charge in [0.05, 0.1) is 11.6 Å². The van der Waals surface area contributed by atoms with Gasteiger partial charge in [-0.1, -0.05) is 24.3 Å². The van der Waals surface area contributed by atoms with Crippen molar-refractivity contribution in [1.82, 2.24) is 19.5 Å². The molecule has 6 heteroatoms. The summed E-state index contributed by atoms with van der Waals surface area (Å²) in [4.78, 5) is 19.4. The lowest BCUT2D eigenvalue weighted by Crippen LogP contribution is -2.39. The van der Waals surface area contributed by atoms with Crippen LogP contribution < -0.4 is 0 Å². The number of benzene rings is 1. The molecule has 29 heavy (non-hydrogen) atoms. The van der Waals surface area contributed by atoms with Crippen LogP contribution in [-0.4, -0.2) is 31.9 Å². The van der Waals surface area contributed by atoms with E-state index >= 15 is 0 Å². The van der Waals surface area contributed by atoms with Crippen LogP contribution in [0.4, 0.5) is 0 Å². The first-order valence-corrected chi connectivity index (χ1v) is 10.4. The first kappa shape index (κ1) is 18.1. The Kier molecular flexibility index (Phi) is 4.43. The molecule has 4 aromatic rings. The first-order valence-electron chi connectivity index (χ1n) is 9.60. The van der Waals surface area contributed by atoms with Crippen molar-refractivity contribution >= 4 is 27.4 Å². The molecule has 0 bridgehead atoms. The third-order valence-corrected chi connectivity index (χ3v) is 6.08. The summed E-state index contributed by atoms with van der Waals surface area (Å²) in [6.07, 6.45) is 6.36. The Bertz CT molecular complexity index is 1220. The molecule has 1 atom stereocenters. The second-order valence-corrected chi connectivity index (χ2v) is 8.20. The van der Waals surface area contributed by atoms with E-state index in [-0.39, 0.29) is 11.9 Å². The van der Waals surface area contributed by atoms with Crippen molar-refractivity contribution in [3.63, 3.8) is 0 Å². The third kappa shape index (κ3) is 3.13. The topological polar surface area (TPSA) is 50.5 Å². The number of hydrogen-bond acceptors (Lipinski definition) is 3. The van der Waals surface area contributed by atoms with Crippen LogP contribution in [0.5, 0.6) is 0 Å². The summed E-state index contributed by atoms with van der Waals surface area (Å²) >= 11 is 3.45. The summed E-state index contributed by atoms with van der Waals surface area (Å²) in [5.74, 6) is -0.0326. The van der Waals surface area contributed by atoms with Crippen LogP contribution in [0.3, 0.4) is 0 Å². The molecule has 1 aliphatic heterocycles. The van der Waals surface area contributed by atoms with Crippen LogP contribution in [0.25, 0.3) is 16.6 Å². The highest BCUT2D eigenvalue weighted by Gasteiger charge is 2.30. The number of hydrogen-bond donors (Lipinski definition) is 0. The summed E-state index contributed by atoms with van der Waals surface area (Å²) in [5.41, 5.74) is 6.19. The van der Waals surface area contributed by atoms with Crippen LogP contribution in [0.2, 0.25) is 0 Å². The molecule has 1 aliphatic rings. The minimum atomic E-state index is -0.0326. The van der Waals surface area contributed by atoms with Crippen molar-refractivity contribution in [3.8, 4) is 11.1 Å². The third-order valence-electron chi connectivity index (χ3n) is 5.61. The highest BCUT2D eigenvalue weighted by molar-refractivity contribution is 9.10. The molecule has 0 spiro atoms. The highest BCUT2D eigenvalue weighted by Crippen LogP contribution is 2.36. The molecule has 5 nitrogen and oxygen atoms in total. The van der Waals surface area contributed by atoms with Gasteiger partial charge in [-0.2, -0.15) is 5.10 Å². The van der Waals surface area contributed by atoms with Gasteiger partial charge in [0.2, 0.25) is 0 Å². The number of rotatable bonds is 2. The molecule has 144 valence electrons. The van der Waals surface area contributed by atoms with E-state index in [4.69, 9.17) is 0 Å². The van der Waals surface area contributed by atoms with Crippen molar-refractivity contribution in [1.29, 1.82) is 0 Å². The van der Waals surface area contributed by atoms with Gasteiger partial charge in [-0.05, 0) is 70.2 Å². The van der Waals surface area contributed by atoms with Crippen molar-refractivity contribution in [2.24, 2.45) is 0 Å². The van der Waals surface area contributed by atoms with E-state index < -0.39 is 0 Å². The van der Waals surface area contributed by atoms with Crippen LogP contribution in [0.1, 0.15) is 34.6 Å². The quantitative estimate of drug-likeness (QED) is 0.439. The molecule has 3 aromatic heterocycles. The van der Waals surface area contributed by atoms with Gasteiger partial charge in [-0.25, -0.2) is 4.52 Å². The number of amides is 1. The maximum absolute atomic E-state index is 13.3. The Hall–Kier alpha value is -2.99. The van der Waals surface area contributed by atoms with Crippen molar-refractivity contribution in [3.05, 3.63) is 88.4 Å². The van der Waals surface area contributed by atoms with E-state index in [1.54, 1.807) is 10.7 Å². The Morgan fingerprint density at radius 1 is 1.17 bits per heavy atom. The van der Waals surface area contributed by atoms with E-state index in [1.165, 1.54) is 16.7 Å². The summed E-state index contributed by atoms with van der Waals surface area (Å²) < 4.78 is 2.66. The molecular formula is C23H19BrN4O. The van der Waals surface area contributed by atoms with Crippen LogP contribution >= 0.6 is 15.9 Å². The zero-order valence-electron chi connectivity index (χ0n) is 15.9. The number of pyridine rings is 2. The second-order valence-electron chi connectivity index (χ2n) is 7.29. The van der Waals surface area contributed by atoms with Gasteiger partial charge in [0.1, 0.15) is 0 Å². The smallest absolute Gasteiger partial charge is 0.274 e. The maximum atomic E-state index is 13.3. The normalized spacial score (nSPS) is 16.1. The van der Waals surface area contributed by atoms with Gasteiger partial charge in [-0.15, -0.1) is 0 Å². The number of carbonyl (C=O) groups is 1. The molecule has 5 rings (SSSR count).